The van der Waals surface area contributed by atoms with Gasteiger partial charge in [-0.05, 0) is 12.8 Å². The Bertz CT molecular complexity index is 1710. The van der Waals surface area contributed by atoms with Crippen molar-refractivity contribution in [2.24, 2.45) is 5.92 Å². The minimum Gasteiger partial charge on any atom is -0.388 e. The standard InChI is InChI=1S/C22H26N9O9P/c23-18-14-19(25-6-24-18)31(8-27-14)21-15(32)9-2-1-3-11-16(33)17(40-41(35,36)37-5-12(9)39-21)22(38-11)30-7-26-13-10(30)4-28-29-20(13)34/h4,6-9,11-12,15-17,21-22,32-33H,1-3,5H2,(H,29,34)(H,35,36)(H2,23,24,25)/t9-,11-,12-,15-,16-,17-,21-,22-/m1/s1. The average Bonchev–Trinajstić information content (AvgIpc) is 3.69. The fourth-order valence-electron chi connectivity index (χ4n) is 5.88. The van der Waals surface area contributed by atoms with Crippen LogP contribution in [0.5, 0.6) is 0 Å². The number of imidazole rings is 2. The number of nitrogens with zero attached hydrogens (tertiary/aromatic N) is 7. The van der Waals surface area contributed by atoms with E-state index in [0.29, 0.717) is 30.4 Å². The molecule has 0 amide bonds. The number of phosphoric acid groups is 1. The molecule has 0 aliphatic carbocycles. The van der Waals surface area contributed by atoms with Crippen LogP contribution in [0.15, 0.2) is 30.0 Å². The van der Waals surface area contributed by atoms with E-state index in [1.165, 1.54) is 34.3 Å². The summed E-state index contributed by atoms with van der Waals surface area (Å²) in [6, 6.07) is 0. The fourth-order valence-corrected chi connectivity index (χ4v) is 6.81. The Morgan fingerprint density at radius 3 is 2.63 bits per heavy atom. The van der Waals surface area contributed by atoms with Crippen LogP contribution in [-0.2, 0) is 23.1 Å². The van der Waals surface area contributed by atoms with Gasteiger partial charge in [0.05, 0.1) is 43.2 Å². The van der Waals surface area contributed by atoms with Crippen molar-refractivity contribution in [3.8, 4) is 0 Å². The predicted octanol–water partition coefficient (Wildman–Crippen LogP) is -0.639. The summed E-state index contributed by atoms with van der Waals surface area (Å²) in [6.45, 7) is -0.388. The smallest absolute Gasteiger partial charge is 0.388 e. The summed E-state index contributed by atoms with van der Waals surface area (Å²) in [7, 11) is -4.80. The molecule has 0 aromatic carbocycles. The van der Waals surface area contributed by atoms with Crippen molar-refractivity contribution in [1.29, 1.82) is 0 Å². The second-order valence-corrected chi connectivity index (χ2v) is 11.6. The van der Waals surface area contributed by atoms with Gasteiger partial charge < -0.3 is 30.3 Å². The van der Waals surface area contributed by atoms with Gasteiger partial charge in [-0.15, -0.1) is 0 Å². The largest absolute Gasteiger partial charge is 0.472 e. The summed E-state index contributed by atoms with van der Waals surface area (Å²) in [5.41, 5.74) is 6.44. The molecule has 2 bridgehead atoms. The number of nitrogens with one attached hydrogen (secondary N) is 1. The third-order valence-corrected chi connectivity index (χ3v) is 8.84. The van der Waals surface area contributed by atoms with E-state index in [1.54, 1.807) is 0 Å². The summed E-state index contributed by atoms with van der Waals surface area (Å²) in [5, 5.41) is 28.5. The first-order valence-corrected chi connectivity index (χ1v) is 14.4. The zero-order chi connectivity index (χ0) is 28.5. The number of nitrogen functional groups attached to an aromatic ring is 1. The molecular formula is C22H26N9O9P. The molecule has 1 unspecified atom stereocenters. The second kappa shape index (κ2) is 9.88. The number of hydrogen-bond acceptors (Lipinski definition) is 14. The van der Waals surface area contributed by atoms with E-state index in [4.69, 9.17) is 24.3 Å². The Kier molecular flexibility index (Phi) is 6.40. The summed E-state index contributed by atoms with van der Waals surface area (Å²) in [6.07, 6.45) is -0.710. The minimum absolute atomic E-state index is 0.0787. The lowest BCUT2D eigenvalue weighted by atomic mass is 9.91. The molecule has 3 fully saturated rings. The Hall–Kier alpha value is -3.35. The Morgan fingerprint density at radius 1 is 1.00 bits per heavy atom. The van der Waals surface area contributed by atoms with E-state index in [1.807, 2.05) is 0 Å². The molecule has 7 heterocycles. The quantitative estimate of drug-likeness (QED) is 0.182. The van der Waals surface area contributed by atoms with Crippen LogP contribution in [0.3, 0.4) is 0 Å². The van der Waals surface area contributed by atoms with Crippen molar-refractivity contribution >= 4 is 35.8 Å². The number of fused-ring (bicyclic) bond motifs is 5. The van der Waals surface area contributed by atoms with Gasteiger partial charge in [0.15, 0.2) is 29.4 Å². The van der Waals surface area contributed by atoms with Gasteiger partial charge in [-0.25, -0.2) is 29.6 Å². The lowest BCUT2D eigenvalue weighted by Crippen LogP contribution is -2.35. The van der Waals surface area contributed by atoms with Gasteiger partial charge in [0.25, 0.3) is 5.56 Å². The number of aromatic nitrogens is 8. The first kappa shape index (κ1) is 26.5. The molecule has 3 saturated heterocycles. The lowest BCUT2D eigenvalue weighted by molar-refractivity contribution is -0.0568. The number of rotatable bonds is 2. The van der Waals surface area contributed by atoms with Crippen LogP contribution in [0.4, 0.5) is 5.82 Å². The molecule has 218 valence electrons. The number of ether oxygens (including phenoxy) is 2. The molecule has 3 aliphatic rings. The van der Waals surface area contributed by atoms with Crippen molar-refractivity contribution in [3.63, 3.8) is 0 Å². The molecule has 7 rings (SSSR count). The van der Waals surface area contributed by atoms with E-state index in [2.05, 4.69) is 30.1 Å². The lowest BCUT2D eigenvalue weighted by Gasteiger charge is -2.26. The Balaban J connectivity index is 1.16. The molecule has 41 heavy (non-hydrogen) atoms. The van der Waals surface area contributed by atoms with Crippen molar-refractivity contribution < 1.29 is 38.2 Å². The van der Waals surface area contributed by atoms with Gasteiger partial charge in [-0.3, -0.25) is 23.0 Å². The average molecular weight is 591 g/mol. The highest BCUT2D eigenvalue weighted by Crippen LogP contribution is 2.51. The molecule has 0 spiro atoms. The SMILES string of the molecule is Nc1ncnc2c1ncn2[C@@H]1O[C@@H]2COP(=O)(O)O[C@@H]3[C@H](O)[C@@H](CCC[C@H]2[C@H]1O)O[C@H]3n1cnc2c(=O)[nH]ncc21. The third kappa shape index (κ3) is 4.43. The molecule has 0 saturated carbocycles. The highest BCUT2D eigenvalue weighted by molar-refractivity contribution is 7.47. The van der Waals surface area contributed by atoms with Crippen molar-refractivity contribution in [3.05, 3.63) is 35.5 Å². The van der Waals surface area contributed by atoms with Crippen LogP contribution in [0.25, 0.3) is 22.2 Å². The molecule has 9 atom stereocenters. The Labute approximate surface area is 229 Å². The van der Waals surface area contributed by atoms with E-state index in [-0.39, 0.29) is 23.5 Å². The number of nitrogens with two attached hydrogens (primary N) is 1. The van der Waals surface area contributed by atoms with Gasteiger partial charge in [-0.1, -0.05) is 6.42 Å². The molecular weight excluding hydrogens is 565 g/mol. The first-order valence-electron chi connectivity index (χ1n) is 12.9. The van der Waals surface area contributed by atoms with E-state index in [9.17, 15) is 24.5 Å². The van der Waals surface area contributed by atoms with Crippen molar-refractivity contribution in [2.45, 2.75) is 62.2 Å². The van der Waals surface area contributed by atoms with Crippen LogP contribution in [0.2, 0.25) is 0 Å². The van der Waals surface area contributed by atoms with Crippen LogP contribution < -0.4 is 11.3 Å². The highest BCUT2D eigenvalue weighted by Gasteiger charge is 2.51. The van der Waals surface area contributed by atoms with Crippen molar-refractivity contribution in [2.75, 3.05) is 12.3 Å². The van der Waals surface area contributed by atoms with Crippen LogP contribution in [-0.4, -0.2) is 91.5 Å². The summed E-state index contributed by atoms with van der Waals surface area (Å²) >= 11 is 0. The molecule has 18 nitrogen and oxygen atoms in total. The van der Waals surface area contributed by atoms with E-state index < -0.39 is 62.3 Å². The van der Waals surface area contributed by atoms with E-state index >= 15 is 0 Å². The highest BCUT2D eigenvalue weighted by atomic mass is 31.2. The van der Waals surface area contributed by atoms with Gasteiger partial charge in [0.2, 0.25) is 0 Å². The molecule has 6 N–H and O–H groups in total. The van der Waals surface area contributed by atoms with E-state index in [0.717, 1.165) is 0 Å². The zero-order valence-corrected chi connectivity index (χ0v) is 22.1. The summed E-state index contributed by atoms with van der Waals surface area (Å²) in [4.78, 5) is 39.2. The number of anilines is 1. The Morgan fingerprint density at radius 2 is 1.78 bits per heavy atom. The predicted molar refractivity (Wildman–Crippen MR) is 136 cm³/mol. The van der Waals surface area contributed by atoms with Gasteiger partial charge in [-0.2, -0.15) is 5.10 Å². The monoisotopic (exact) mass is 591 g/mol. The molecule has 0 radical (unpaired) electrons. The first-order chi connectivity index (χ1) is 19.7. The number of aromatic amines is 1. The van der Waals surface area contributed by atoms with Gasteiger partial charge >= 0.3 is 7.82 Å². The number of phosphoric ester groups is 1. The molecule has 19 heteroatoms. The van der Waals surface area contributed by atoms with Crippen LogP contribution >= 0.6 is 7.82 Å². The number of hydrogen-bond donors (Lipinski definition) is 5. The number of H-pyrrole nitrogens is 1. The van der Waals surface area contributed by atoms with Gasteiger partial charge in [0.1, 0.15) is 30.2 Å². The third-order valence-electron chi connectivity index (χ3n) is 7.85. The number of aliphatic hydroxyl groups is 2. The van der Waals surface area contributed by atoms with Gasteiger partial charge in [0, 0.05) is 5.92 Å². The van der Waals surface area contributed by atoms with Crippen LogP contribution in [0, 0.1) is 5.92 Å². The number of aliphatic hydroxyl groups excluding tert-OH is 2. The molecule has 3 aliphatic heterocycles. The minimum atomic E-state index is -4.80. The maximum absolute atomic E-state index is 13.1. The van der Waals surface area contributed by atoms with Crippen LogP contribution in [0.1, 0.15) is 31.7 Å². The maximum atomic E-state index is 13.1. The second-order valence-electron chi connectivity index (χ2n) is 10.2. The normalized spacial score (nSPS) is 36.3. The van der Waals surface area contributed by atoms with Crippen molar-refractivity contribution in [1.82, 2.24) is 39.3 Å². The maximum Gasteiger partial charge on any atom is 0.472 e. The fraction of sp³-hybridized carbons (Fsp3) is 0.545. The topological polar surface area (TPSA) is 248 Å². The summed E-state index contributed by atoms with van der Waals surface area (Å²) in [5.74, 6) is -0.343. The molecule has 4 aromatic rings. The summed E-state index contributed by atoms with van der Waals surface area (Å²) < 4.78 is 39.1. The molecule has 4 aromatic heterocycles. The zero-order valence-electron chi connectivity index (χ0n) is 21.2.